The van der Waals surface area contributed by atoms with E-state index in [2.05, 4.69) is 48.3 Å². The van der Waals surface area contributed by atoms with Crippen LogP contribution in [0.25, 0.3) is 11.4 Å². The van der Waals surface area contributed by atoms with Gasteiger partial charge in [0.2, 0.25) is 11.7 Å². The lowest BCUT2D eigenvalue weighted by molar-refractivity contribution is 0.120. The summed E-state index contributed by atoms with van der Waals surface area (Å²) in [6, 6.07) is 20.2. The van der Waals surface area contributed by atoms with Crippen molar-refractivity contribution in [3.05, 3.63) is 71.6 Å². The summed E-state index contributed by atoms with van der Waals surface area (Å²) in [5.74, 6) is 2.16. The molecule has 0 saturated carbocycles. The van der Waals surface area contributed by atoms with Gasteiger partial charge in [0.05, 0.1) is 5.92 Å². The van der Waals surface area contributed by atoms with Crippen molar-refractivity contribution in [3.8, 4) is 11.4 Å². The zero-order valence-corrected chi connectivity index (χ0v) is 15.9. The molecule has 2 saturated heterocycles. The maximum Gasteiger partial charge on any atom is 0.232 e. The van der Waals surface area contributed by atoms with Crippen molar-refractivity contribution in [2.45, 2.75) is 50.1 Å². The number of rotatable bonds is 3. The van der Waals surface area contributed by atoms with E-state index in [1.165, 1.54) is 24.0 Å². The van der Waals surface area contributed by atoms with E-state index in [1.54, 1.807) is 0 Å². The molecule has 5 rings (SSSR count). The Balaban J connectivity index is 1.54. The van der Waals surface area contributed by atoms with E-state index in [0.29, 0.717) is 23.8 Å². The molecule has 27 heavy (non-hydrogen) atoms. The van der Waals surface area contributed by atoms with Gasteiger partial charge in [0.15, 0.2) is 0 Å². The number of hydrogen-bond donors (Lipinski definition) is 0. The number of aryl methyl sites for hydroxylation is 1. The van der Waals surface area contributed by atoms with Crippen LogP contribution in [-0.4, -0.2) is 34.2 Å². The first-order valence-electron chi connectivity index (χ1n) is 9.88. The van der Waals surface area contributed by atoms with Crippen LogP contribution in [0.1, 0.15) is 48.1 Å². The summed E-state index contributed by atoms with van der Waals surface area (Å²) < 4.78 is 5.85. The normalized spacial score (nSPS) is 27.8. The number of benzene rings is 2. The molecule has 0 N–H and O–H groups in total. The fourth-order valence-corrected chi connectivity index (χ4v) is 5.03. The largest absolute Gasteiger partial charge is 0.339 e. The predicted molar refractivity (Wildman–Crippen MR) is 106 cm³/mol. The van der Waals surface area contributed by atoms with Crippen molar-refractivity contribution in [3.63, 3.8) is 0 Å². The summed E-state index contributed by atoms with van der Waals surface area (Å²) in [7, 11) is 2.26. The first kappa shape index (κ1) is 16.7. The molecule has 1 aromatic heterocycles. The van der Waals surface area contributed by atoms with Gasteiger partial charge in [0, 0.05) is 17.6 Å². The smallest absolute Gasteiger partial charge is 0.232 e. The summed E-state index contributed by atoms with van der Waals surface area (Å²) in [4.78, 5) is 7.39. The van der Waals surface area contributed by atoms with Gasteiger partial charge >= 0.3 is 0 Å². The maximum atomic E-state index is 5.85. The van der Waals surface area contributed by atoms with Gasteiger partial charge in [0.25, 0.3) is 0 Å². The highest BCUT2D eigenvalue weighted by molar-refractivity contribution is 5.53. The molecule has 3 heterocycles. The lowest BCUT2D eigenvalue weighted by atomic mass is 9.76. The van der Waals surface area contributed by atoms with E-state index in [-0.39, 0.29) is 5.92 Å². The van der Waals surface area contributed by atoms with Crippen LogP contribution in [-0.2, 0) is 0 Å². The van der Waals surface area contributed by atoms with Gasteiger partial charge in [-0.2, -0.15) is 4.98 Å². The molecule has 0 spiro atoms. The second-order valence-electron chi connectivity index (χ2n) is 8.06. The van der Waals surface area contributed by atoms with E-state index >= 15 is 0 Å². The molecule has 2 aromatic carbocycles. The minimum absolute atomic E-state index is 0.251. The first-order chi connectivity index (χ1) is 13.2. The number of likely N-dealkylation sites (N-methyl/N-ethyl adjacent to an activating group) is 1. The van der Waals surface area contributed by atoms with Gasteiger partial charge in [-0.05, 0) is 44.7 Å². The number of fused-ring (bicyclic) bond motifs is 2. The number of piperidine rings is 1. The molecule has 2 aliphatic rings. The fraction of sp³-hybridized carbons (Fsp3) is 0.391. The Bertz CT molecular complexity index is 918. The summed E-state index contributed by atoms with van der Waals surface area (Å²) in [5, 5.41) is 4.31. The van der Waals surface area contributed by atoms with Crippen molar-refractivity contribution in [2.75, 3.05) is 7.05 Å². The summed E-state index contributed by atoms with van der Waals surface area (Å²) >= 11 is 0. The van der Waals surface area contributed by atoms with Crippen LogP contribution in [0.3, 0.4) is 0 Å². The summed E-state index contributed by atoms with van der Waals surface area (Å²) in [6.45, 7) is 2.14. The predicted octanol–water partition coefficient (Wildman–Crippen LogP) is 4.78. The number of aromatic nitrogens is 2. The standard InChI is InChI=1S/C23H25N3O/c1-15-8-10-16(11-9-15)19-14-18-12-13-20(26(18)2)21(19)23-24-22(25-27-23)17-6-4-3-5-7-17/h3-11,18-21H,12-14H2,1-2H3/t18-,19+,20+,21-/m0/s1. The molecule has 2 aliphatic heterocycles. The van der Waals surface area contributed by atoms with Crippen LogP contribution in [0.5, 0.6) is 0 Å². The third kappa shape index (κ3) is 2.88. The van der Waals surface area contributed by atoms with Gasteiger partial charge in [-0.15, -0.1) is 0 Å². The Morgan fingerprint density at radius 3 is 2.56 bits per heavy atom. The van der Waals surface area contributed by atoms with Crippen molar-refractivity contribution < 1.29 is 4.52 Å². The Kier molecular flexibility index (Phi) is 4.09. The van der Waals surface area contributed by atoms with E-state index in [0.717, 1.165) is 17.9 Å². The molecule has 4 nitrogen and oxygen atoms in total. The molecule has 4 heteroatoms. The fourth-order valence-electron chi connectivity index (χ4n) is 5.03. The Morgan fingerprint density at radius 1 is 1.00 bits per heavy atom. The summed E-state index contributed by atoms with van der Waals surface area (Å²) in [5.41, 5.74) is 3.71. The minimum atomic E-state index is 0.251. The van der Waals surface area contributed by atoms with Gasteiger partial charge in [-0.25, -0.2) is 0 Å². The highest BCUT2D eigenvalue weighted by atomic mass is 16.5. The molecule has 0 aliphatic carbocycles. The lowest BCUT2D eigenvalue weighted by Gasteiger charge is -2.41. The van der Waals surface area contributed by atoms with Gasteiger partial charge in [0.1, 0.15) is 0 Å². The van der Waals surface area contributed by atoms with Crippen LogP contribution in [0.15, 0.2) is 59.1 Å². The second-order valence-corrected chi connectivity index (χ2v) is 8.06. The van der Waals surface area contributed by atoms with E-state index in [1.807, 2.05) is 30.3 Å². The van der Waals surface area contributed by atoms with Gasteiger partial charge < -0.3 is 4.52 Å². The zero-order valence-electron chi connectivity index (χ0n) is 15.9. The molecule has 3 aromatic rings. The highest BCUT2D eigenvalue weighted by Gasteiger charge is 2.48. The van der Waals surface area contributed by atoms with Crippen molar-refractivity contribution >= 4 is 0 Å². The monoisotopic (exact) mass is 359 g/mol. The third-order valence-electron chi connectivity index (χ3n) is 6.53. The Morgan fingerprint density at radius 2 is 1.78 bits per heavy atom. The number of nitrogens with zero attached hydrogens (tertiary/aromatic N) is 3. The average molecular weight is 359 g/mol. The molecular weight excluding hydrogens is 334 g/mol. The van der Waals surface area contributed by atoms with Crippen molar-refractivity contribution in [1.82, 2.24) is 15.0 Å². The molecule has 2 bridgehead atoms. The van der Waals surface area contributed by atoms with Crippen LogP contribution in [0.2, 0.25) is 0 Å². The molecule has 0 radical (unpaired) electrons. The third-order valence-corrected chi connectivity index (χ3v) is 6.53. The maximum absolute atomic E-state index is 5.85. The zero-order chi connectivity index (χ0) is 18.4. The first-order valence-corrected chi connectivity index (χ1v) is 9.88. The van der Waals surface area contributed by atoms with Crippen LogP contribution >= 0.6 is 0 Å². The van der Waals surface area contributed by atoms with Crippen molar-refractivity contribution in [2.24, 2.45) is 0 Å². The summed E-state index contributed by atoms with van der Waals surface area (Å²) in [6.07, 6.45) is 3.63. The molecular formula is C23H25N3O. The van der Waals surface area contributed by atoms with Crippen LogP contribution < -0.4 is 0 Å². The molecule has 2 fully saturated rings. The van der Waals surface area contributed by atoms with E-state index in [4.69, 9.17) is 9.51 Å². The van der Waals surface area contributed by atoms with E-state index < -0.39 is 0 Å². The quantitative estimate of drug-likeness (QED) is 0.675. The lowest BCUT2D eigenvalue weighted by Crippen LogP contribution is -2.44. The second kappa shape index (κ2) is 6.61. The SMILES string of the molecule is Cc1ccc([C@H]2C[C@@H]3CC[C@H]([C@H]2c2nc(-c4ccccc4)no2)N3C)cc1. The number of hydrogen-bond acceptors (Lipinski definition) is 4. The highest BCUT2D eigenvalue weighted by Crippen LogP contribution is 2.50. The average Bonchev–Trinajstić information content (AvgIpc) is 3.26. The van der Waals surface area contributed by atoms with Gasteiger partial charge in [-0.1, -0.05) is 65.3 Å². The molecule has 0 unspecified atom stereocenters. The Hall–Kier alpha value is -2.46. The molecule has 4 atom stereocenters. The minimum Gasteiger partial charge on any atom is -0.339 e. The van der Waals surface area contributed by atoms with Crippen molar-refractivity contribution in [1.29, 1.82) is 0 Å². The molecule has 138 valence electrons. The Labute approximate surface area is 160 Å². The topological polar surface area (TPSA) is 42.2 Å². The van der Waals surface area contributed by atoms with E-state index in [9.17, 15) is 0 Å². The van der Waals surface area contributed by atoms with Crippen LogP contribution in [0.4, 0.5) is 0 Å². The van der Waals surface area contributed by atoms with Gasteiger partial charge in [-0.3, -0.25) is 4.90 Å². The van der Waals surface area contributed by atoms with Crippen LogP contribution in [0, 0.1) is 6.92 Å². The molecule has 0 amide bonds.